The lowest BCUT2D eigenvalue weighted by Crippen LogP contribution is -2.44. The molecule has 1 N–H and O–H groups in total. The topological polar surface area (TPSA) is 40.5 Å². The highest BCUT2D eigenvalue weighted by atomic mass is 16.4. The van der Waals surface area contributed by atoms with Crippen molar-refractivity contribution in [2.45, 2.75) is 51.5 Å². The third-order valence-electron chi connectivity index (χ3n) is 4.38. The summed E-state index contributed by atoms with van der Waals surface area (Å²) in [4.78, 5) is 13.4. The van der Waals surface area contributed by atoms with Gasteiger partial charge in [-0.2, -0.15) is 0 Å². The molecule has 1 saturated carbocycles. The fraction of sp³-hybridized carbons (Fsp3) is 0.923. The monoisotopic (exact) mass is 225 g/mol. The average molecular weight is 225 g/mol. The van der Waals surface area contributed by atoms with E-state index in [0.29, 0.717) is 0 Å². The molecule has 2 rings (SSSR count). The molecule has 0 aromatic rings. The Morgan fingerprint density at radius 1 is 1.06 bits per heavy atom. The number of hydrogen-bond acceptors (Lipinski definition) is 2. The number of piperidine rings is 1. The minimum Gasteiger partial charge on any atom is -0.481 e. The lowest BCUT2D eigenvalue weighted by molar-refractivity contribution is -0.143. The highest BCUT2D eigenvalue weighted by Crippen LogP contribution is 2.29. The molecule has 0 unspecified atom stereocenters. The van der Waals surface area contributed by atoms with Crippen LogP contribution in [0, 0.1) is 11.8 Å². The lowest BCUT2D eigenvalue weighted by Gasteiger charge is -2.39. The van der Waals surface area contributed by atoms with Gasteiger partial charge in [0, 0.05) is 6.04 Å². The van der Waals surface area contributed by atoms with E-state index >= 15 is 0 Å². The third-order valence-corrected chi connectivity index (χ3v) is 4.38. The predicted molar refractivity (Wildman–Crippen MR) is 63.4 cm³/mol. The van der Waals surface area contributed by atoms with Gasteiger partial charge in [0.25, 0.3) is 0 Å². The van der Waals surface area contributed by atoms with E-state index in [-0.39, 0.29) is 5.92 Å². The largest absolute Gasteiger partial charge is 0.481 e. The molecule has 3 nitrogen and oxygen atoms in total. The van der Waals surface area contributed by atoms with Gasteiger partial charge >= 0.3 is 5.97 Å². The van der Waals surface area contributed by atoms with Crippen molar-refractivity contribution >= 4 is 5.97 Å². The summed E-state index contributed by atoms with van der Waals surface area (Å²) in [6.45, 7) is 4.33. The van der Waals surface area contributed by atoms with Crippen molar-refractivity contribution in [3.8, 4) is 0 Å². The third kappa shape index (κ3) is 2.76. The second-order valence-electron chi connectivity index (χ2n) is 5.56. The molecular weight excluding hydrogens is 202 g/mol. The number of hydrogen-bond donors (Lipinski definition) is 1. The average Bonchev–Trinajstić information content (AvgIpc) is 2.30. The van der Waals surface area contributed by atoms with E-state index in [2.05, 4.69) is 11.8 Å². The van der Waals surface area contributed by atoms with Crippen molar-refractivity contribution in [3.05, 3.63) is 0 Å². The quantitative estimate of drug-likeness (QED) is 0.784. The minimum atomic E-state index is -0.600. The molecule has 1 saturated heterocycles. The van der Waals surface area contributed by atoms with Gasteiger partial charge < -0.3 is 10.0 Å². The summed E-state index contributed by atoms with van der Waals surface area (Å²) in [7, 11) is 0. The van der Waals surface area contributed by atoms with Gasteiger partial charge in [0.05, 0.1) is 5.92 Å². The first-order chi connectivity index (χ1) is 7.66. The molecular formula is C13H23NO2. The molecule has 1 aliphatic carbocycles. The van der Waals surface area contributed by atoms with Gasteiger partial charge in [0.2, 0.25) is 0 Å². The van der Waals surface area contributed by atoms with E-state index in [0.717, 1.165) is 37.9 Å². The van der Waals surface area contributed by atoms with Crippen molar-refractivity contribution in [2.75, 3.05) is 13.1 Å². The minimum absolute atomic E-state index is 0.0845. The Hall–Kier alpha value is -0.570. The van der Waals surface area contributed by atoms with Crippen molar-refractivity contribution in [1.82, 2.24) is 4.90 Å². The molecule has 3 heteroatoms. The Kier molecular flexibility index (Phi) is 3.85. The standard InChI is InChI=1S/C13H23NO2/c1-10-2-4-12(5-3-10)14-8-6-11(7-9-14)13(15)16/h10-12H,2-9H2,1H3,(H,15,16). The van der Waals surface area contributed by atoms with Crippen LogP contribution < -0.4 is 0 Å². The molecule has 2 fully saturated rings. The summed E-state index contributed by atoms with van der Waals surface area (Å²) in [5, 5.41) is 8.95. The molecule has 1 heterocycles. The van der Waals surface area contributed by atoms with Crippen LogP contribution in [0.25, 0.3) is 0 Å². The summed E-state index contributed by atoms with van der Waals surface area (Å²) in [5.74, 6) is 0.212. The molecule has 0 atom stereocenters. The van der Waals surface area contributed by atoms with E-state index in [4.69, 9.17) is 5.11 Å². The number of nitrogens with zero attached hydrogens (tertiary/aromatic N) is 1. The molecule has 0 bridgehead atoms. The molecule has 92 valence electrons. The van der Waals surface area contributed by atoms with Crippen LogP contribution in [-0.2, 0) is 4.79 Å². The maximum Gasteiger partial charge on any atom is 0.306 e. The number of rotatable bonds is 2. The number of carboxylic acids is 1. The van der Waals surface area contributed by atoms with Crippen LogP contribution in [0.2, 0.25) is 0 Å². The first-order valence-corrected chi connectivity index (χ1v) is 6.63. The Balaban J connectivity index is 1.78. The molecule has 16 heavy (non-hydrogen) atoms. The van der Waals surface area contributed by atoms with Crippen LogP contribution in [-0.4, -0.2) is 35.1 Å². The fourth-order valence-corrected chi connectivity index (χ4v) is 3.12. The Morgan fingerprint density at radius 3 is 2.12 bits per heavy atom. The SMILES string of the molecule is CC1CCC(N2CCC(C(=O)O)CC2)CC1. The van der Waals surface area contributed by atoms with E-state index < -0.39 is 5.97 Å². The maximum absolute atomic E-state index is 10.9. The van der Waals surface area contributed by atoms with Crippen LogP contribution in [0.1, 0.15) is 45.4 Å². The van der Waals surface area contributed by atoms with Crippen molar-refractivity contribution in [3.63, 3.8) is 0 Å². The van der Waals surface area contributed by atoms with Crippen molar-refractivity contribution in [2.24, 2.45) is 11.8 Å². The first-order valence-electron chi connectivity index (χ1n) is 6.63. The van der Waals surface area contributed by atoms with E-state index in [9.17, 15) is 4.79 Å². The van der Waals surface area contributed by atoms with Crippen molar-refractivity contribution in [1.29, 1.82) is 0 Å². The van der Waals surface area contributed by atoms with Gasteiger partial charge in [0.1, 0.15) is 0 Å². The number of carboxylic acid groups (broad SMARTS) is 1. The van der Waals surface area contributed by atoms with Crippen molar-refractivity contribution < 1.29 is 9.90 Å². The molecule has 0 radical (unpaired) electrons. The van der Waals surface area contributed by atoms with Gasteiger partial charge in [-0.3, -0.25) is 4.79 Å². The van der Waals surface area contributed by atoms with Gasteiger partial charge in [-0.1, -0.05) is 6.92 Å². The Bertz CT molecular complexity index is 238. The summed E-state index contributed by atoms with van der Waals surface area (Å²) < 4.78 is 0. The van der Waals surface area contributed by atoms with Crippen LogP contribution in [0.5, 0.6) is 0 Å². The van der Waals surface area contributed by atoms with Crippen LogP contribution >= 0.6 is 0 Å². The first kappa shape index (κ1) is 11.9. The number of aliphatic carboxylic acids is 1. The molecule has 0 amide bonds. The second kappa shape index (κ2) is 5.17. The lowest BCUT2D eigenvalue weighted by atomic mass is 9.85. The van der Waals surface area contributed by atoms with Crippen LogP contribution in [0.15, 0.2) is 0 Å². The molecule has 0 aromatic carbocycles. The predicted octanol–water partition coefficient (Wildman–Crippen LogP) is 2.36. The van der Waals surface area contributed by atoms with Gasteiger partial charge in [0.15, 0.2) is 0 Å². The van der Waals surface area contributed by atoms with E-state index in [1.165, 1.54) is 25.7 Å². The van der Waals surface area contributed by atoms with Crippen LogP contribution in [0.3, 0.4) is 0 Å². The smallest absolute Gasteiger partial charge is 0.306 e. The van der Waals surface area contributed by atoms with Gasteiger partial charge in [-0.15, -0.1) is 0 Å². The number of likely N-dealkylation sites (tertiary alicyclic amines) is 1. The van der Waals surface area contributed by atoms with Gasteiger partial charge in [-0.25, -0.2) is 0 Å². The zero-order valence-corrected chi connectivity index (χ0v) is 10.2. The summed E-state index contributed by atoms with van der Waals surface area (Å²) >= 11 is 0. The highest BCUT2D eigenvalue weighted by Gasteiger charge is 2.29. The van der Waals surface area contributed by atoms with E-state index in [1.807, 2.05) is 0 Å². The summed E-state index contributed by atoms with van der Waals surface area (Å²) in [6.07, 6.45) is 7.04. The van der Waals surface area contributed by atoms with E-state index in [1.54, 1.807) is 0 Å². The van der Waals surface area contributed by atoms with Crippen LogP contribution in [0.4, 0.5) is 0 Å². The number of carbonyl (C=O) groups is 1. The second-order valence-corrected chi connectivity index (χ2v) is 5.56. The highest BCUT2D eigenvalue weighted by molar-refractivity contribution is 5.70. The zero-order chi connectivity index (χ0) is 11.5. The summed E-state index contributed by atoms with van der Waals surface area (Å²) in [6, 6.07) is 0.742. The molecule has 0 aromatic heterocycles. The molecule has 0 spiro atoms. The maximum atomic E-state index is 10.9. The molecule has 2 aliphatic rings. The normalized spacial score (nSPS) is 33.8. The Morgan fingerprint density at radius 2 is 1.62 bits per heavy atom. The fourth-order valence-electron chi connectivity index (χ4n) is 3.12. The van der Waals surface area contributed by atoms with Gasteiger partial charge in [-0.05, 0) is 57.5 Å². The molecule has 1 aliphatic heterocycles. The Labute approximate surface area is 97.8 Å². The zero-order valence-electron chi connectivity index (χ0n) is 10.2. The summed E-state index contributed by atoms with van der Waals surface area (Å²) in [5.41, 5.74) is 0.